The molecule has 1 heterocycles. The van der Waals surface area contributed by atoms with Crippen molar-refractivity contribution < 1.29 is 18.3 Å². The molecule has 1 N–H and O–H groups in total. The summed E-state index contributed by atoms with van der Waals surface area (Å²) in [7, 11) is -1.61. The second-order valence-electron chi connectivity index (χ2n) is 6.48. The van der Waals surface area contributed by atoms with Crippen LogP contribution in [0.4, 0.5) is 0 Å². The number of benzene rings is 1. The predicted octanol–water partition coefficient (Wildman–Crippen LogP) is 1.08. The second-order valence-corrected chi connectivity index (χ2v) is 8.67. The summed E-state index contributed by atoms with van der Waals surface area (Å²) in [4.78, 5) is 15.0. The Labute approximate surface area is 144 Å². The minimum Gasteiger partial charge on any atom is -0.480 e. The summed E-state index contributed by atoms with van der Waals surface area (Å²) in [6.45, 7) is 3.24. The van der Waals surface area contributed by atoms with Crippen LogP contribution in [-0.2, 0) is 21.2 Å². The smallest absolute Gasteiger partial charge is 0.318 e. The molecule has 2 rings (SSSR count). The van der Waals surface area contributed by atoms with E-state index >= 15 is 0 Å². The van der Waals surface area contributed by atoms with Crippen LogP contribution in [0, 0.1) is 0 Å². The zero-order chi connectivity index (χ0) is 17.6. The van der Waals surface area contributed by atoms with Crippen molar-refractivity contribution in [2.45, 2.75) is 25.4 Å². The minimum atomic E-state index is -3.53. The van der Waals surface area contributed by atoms with E-state index in [1.54, 1.807) is 0 Å². The summed E-state index contributed by atoms with van der Waals surface area (Å²) in [5, 5.41) is 8.64. The molecule has 1 aromatic rings. The predicted molar refractivity (Wildman–Crippen MR) is 93.7 cm³/mol. The van der Waals surface area contributed by atoms with Crippen LogP contribution in [0.1, 0.15) is 18.4 Å². The van der Waals surface area contributed by atoms with E-state index in [2.05, 4.69) is 21.9 Å². The number of carboxylic acid groups (broad SMARTS) is 1. The van der Waals surface area contributed by atoms with E-state index in [0.717, 1.165) is 32.5 Å². The lowest BCUT2D eigenvalue weighted by molar-refractivity contribution is -0.134. The van der Waals surface area contributed by atoms with Crippen molar-refractivity contribution in [3.63, 3.8) is 0 Å². The van der Waals surface area contributed by atoms with Gasteiger partial charge in [-0.3, -0.25) is 9.69 Å². The molecular formula is C17H26N2O4S. The minimum absolute atomic E-state index is 0.106. The zero-order valence-corrected chi connectivity index (χ0v) is 14.9. The number of sulfone groups is 1. The molecule has 0 bridgehead atoms. The molecule has 1 aliphatic heterocycles. The molecular weight excluding hydrogens is 328 g/mol. The summed E-state index contributed by atoms with van der Waals surface area (Å²) in [6, 6.07) is 10.6. The Morgan fingerprint density at radius 2 is 2.04 bits per heavy atom. The third-order valence-electron chi connectivity index (χ3n) is 4.45. The Hall–Kier alpha value is -1.44. The molecule has 1 unspecified atom stereocenters. The van der Waals surface area contributed by atoms with Crippen molar-refractivity contribution in [3.8, 4) is 0 Å². The van der Waals surface area contributed by atoms with Crippen LogP contribution in [0.2, 0.25) is 0 Å². The standard InChI is InChI=1S/C17H26N2O4S/c1-18(10-11-24(22,23)14-17(20)21)16-8-5-9-19(13-16)12-15-6-3-2-4-7-15/h2-4,6-7,16H,5,8-14H2,1H3,(H,20,21). The van der Waals surface area contributed by atoms with Gasteiger partial charge in [0.15, 0.2) is 9.84 Å². The van der Waals surface area contributed by atoms with Crippen LogP contribution in [0.3, 0.4) is 0 Å². The SMILES string of the molecule is CN(CCS(=O)(=O)CC(=O)O)C1CCCN(Cc2ccccc2)C1. The van der Waals surface area contributed by atoms with Gasteiger partial charge in [0, 0.05) is 25.7 Å². The number of nitrogens with zero attached hydrogens (tertiary/aromatic N) is 2. The quantitative estimate of drug-likeness (QED) is 0.753. The molecule has 1 saturated heterocycles. The van der Waals surface area contributed by atoms with E-state index in [4.69, 9.17) is 5.11 Å². The lowest BCUT2D eigenvalue weighted by Crippen LogP contribution is -2.47. The van der Waals surface area contributed by atoms with Crippen molar-refractivity contribution in [3.05, 3.63) is 35.9 Å². The van der Waals surface area contributed by atoms with Crippen molar-refractivity contribution in [1.29, 1.82) is 0 Å². The van der Waals surface area contributed by atoms with Gasteiger partial charge in [-0.05, 0) is 32.0 Å². The van der Waals surface area contributed by atoms with E-state index in [0.29, 0.717) is 12.6 Å². The number of aliphatic carboxylic acids is 1. The third kappa shape index (κ3) is 6.22. The summed E-state index contributed by atoms with van der Waals surface area (Å²) < 4.78 is 23.4. The molecule has 1 aliphatic rings. The van der Waals surface area contributed by atoms with Gasteiger partial charge in [-0.15, -0.1) is 0 Å². The molecule has 1 atom stereocenters. The maximum absolute atomic E-state index is 11.7. The fourth-order valence-corrected chi connectivity index (χ4v) is 4.19. The van der Waals surface area contributed by atoms with Gasteiger partial charge in [0.25, 0.3) is 0 Å². The van der Waals surface area contributed by atoms with Crippen molar-refractivity contribution in [2.24, 2.45) is 0 Å². The second kappa shape index (κ2) is 8.60. The molecule has 0 aliphatic carbocycles. The van der Waals surface area contributed by atoms with Crippen LogP contribution in [0.25, 0.3) is 0 Å². The molecule has 1 aromatic carbocycles. The monoisotopic (exact) mass is 354 g/mol. The van der Waals surface area contributed by atoms with E-state index in [-0.39, 0.29) is 5.75 Å². The number of piperidine rings is 1. The summed E-state index contributed by atoms with van der Waals surface area (Å²) in [5.74, 6) is -2.18. The largest absolute Gasteiger partial charge is 0.480 e. The van der Waals surface area contributed by atoms with Gasteiger partial charge in [-0.25, -0.2) is 8.42 Å². The van der Waals surface area contributed by atoms with Crippen LogP contribution in [-0.4, -0.2) is 73.5 Å². The molecule has 0 radical (unpaired) electrons. The van der Waals surface area contributed by atoms with Crippen LogP contribution in [0.15, 0.2) is 30.3 Å². The Kier molecular flexibility index (Phi) is 6.77. The number of hydrogen-bond donors (Lipinski definition) is 1. The lowest BCUT2D eigenvalue weighted by Gasteiger charge is -2.37. The molecule has 6 nitrogen and oxygen atoms in total. The number of rotatable bonds is 8. The van der Waals surface area contributed by atoms with Gasteiger partial charge in [-0.2, -0.15) is 0 Å². The van der Waals surface area contributed by atoms with Gasteiger partial charge in [0.05, 0.1) is 5.75 Å². The van der Waals surface area contributed by atoms with E-state index in [9.17, 15) is 13.2 Å². The fourth-order valence-electron chi connectivity index (χ4n) is 3.10. The van der Waals surface area contributed by atoms with Crippen molar-refractivity contribution >= 4 is 15.8 Å². The highest BCUT2D eigenvalue weighted by Crippen LogP contribution is 2.17. The Morgan fingerprint density at radius 1 is 1.33 bits per heavy atom. The molecule has 0 aromatic heterocycles. The molecule has 1 fully saturated rings. The maximum atomic E-state index is 11.7. The number of carbonyl (C=O) groups is 1. The summed E-state index contributed by atoms with van der Waals surface area (Å²) in [6.07, 6.45) is 2.13. The lowest BCUT2D eigenvalue weighted by atomic mass is 10.0. The molecule has 0 spiro atoms. The molecule has 0 saturated carbocycles. The number of hydrogen-bond acceptors (Lipinski definition) is 5. The first-order chi connectivity index (χ1) is 11.4. The van der Waals surface area contributed by atoms with E-state index < -0.39 is 21.6 Å². The molecule has 134 valence electrons. The van der Waals surface area contributed by atoms with Gasteiger partial charge in [-0.1, -0.05) is 30.3 Å². The first kappa shape index (κ1) is 18.9. The molecule has 0 amide bonds. The van der Waals surface area contributed by atoms with E-state index in [1.165, 1.54) is 5.56 Å². The highest BCUT2D eigenvalue weighted by Gasteiger charge is 2.25. The van der Waals surface area contributed by atoms with Crippen molar-refractivity contribution in [2.75, 3.05) is 38.2 Å². The zero-order valence-electron chi connectivity index (χ0n) is 14.1. The third-order valence-corrected chi connectivity index (χ3v) is 5.94. The van der Waals surface area contributed by atoms with Gasteiger partial charge >= 0.3 is 5.97 Å². The van der Waals surface area contributed by atoms with Crippen LogP contribution >= 0.6 is 0 Å². The number of carboxylic acids is 1. The Morgan fingerprint density at radius 3 is 2.71 bits per heavy atom. The van der Waals surface area contributed by atoms with Crippen LogP contribution in [0.5, 0.6) is 0 Å². The van der Waals surface area contributed by atoms with Gasteiger partial charge < -0.3 is 10.0 Å². The highest BCUT2D eigenvalue weighted by atomic mass is 32.2. The van der Waals surface area contributed by atoms with Crippen molar-refractivity contribution in [1.82, 2.24) is 9.80 Å². The molecule has 7 heteroatoms. The summed E-state index contributed by atoms with van der Waals surface area (Å²) in [5.41, 5.74) is 1.28. The van der Waals surface area contributed by atoms with Gasteiger partial charge in [0.1, 0.15) is 5.75 Å². The van der Waals surface area contributed by atoms with Gasteiger partial charge in [0.2, 0.25) is 0 Å². The number of likely N-dealkylation sites (tertiary alicyclic amines) is 1. The maximum Gasteiger partial charge on any atom is 0.318 e. The fraction of sp³-hybridized carbons (Fsp3) is 0.588. The average molecular weight is 354 g/mol. The Balaban J connectivity index is 1.84. The Bertz CT molecular complexity index is 633. The average Bonchev–Trinajstić information content (AvgIpc) is 2.53. The molecule has 24 heavy (non-hydrogen) atoms. The first-order valence-electron chi connectivity index (χ1n) is 8.24. The van der Waals surface area contributed by atoms with Crippen LogP contribution < -0.4 is 0 Å². The number of likely N-dealkylation sites (N-methyl/N-ethyl adjacent to an activating group) is 1. The summed E-state index contributed by atoms with van der Waals surface area (Å²) >= 11 is 0. The normalized spacial score (nSPS) is 19.5. The van der Waals surface area contributed by atoms with E-state index in [1.807, 2.05) is 25.2 Å². The highest BCUT2D eigenvalue weighted by molar-refractivity contribution is 7.92. The topological polar surface area (TPSA) is 77.9 Å². The first-order valence-corrected chi connectivity index (χ1v) is 10.1.